The van der Waals surface area contributed by atoms with E-state index in [-0.39, 0.29) is 18.3 Å². The van der Waals surface area contributed by atoms with Crippen LogP contribution in [-0.4, -0.2) is 46.0 Å². The van der Waals surface area contributed by atoms with E-state index in [0.29, 0.717) is 6.42 Å². The second-order valence-corrected chi connectivity index (χ2v) is 8.25. The van der Waals surface area contributed by atoms with Crippen molar-refractivity contribution in [3.63, 3.8) is 0 Å². The van der Waals surface area contributed by atoms with Crippen molar-refractivity contribution in [1.29, 1.82) is 0 Å². The Hall–Kier alpha value is -2.87. The van der Waals surface area contributed by atoms with Crippen molar-refractivity contribution >= 4 is 28.7 Å². The Labute approximate surface area is 183 Å². The first-order valence-electron chi connectivity index (χ1n) is 10.8. The molecule has 2 rings (SSSR count). The number of nitrogens with one attached hydrogen (secondary N) is 3. The molecule has 1 aromatic heterocycles. The summed E-state index contributed by atoms with van der Waals surface area (Å²) in [6, 6.07) is 4.86. The van der Waals surface area contributed by atoms with Crippen LogP contribution in [0.1, 0.15) is 46.1 Å². The molecular weight excluding hydrogens is 396 g/mol. The van der Waals surface area contributed by atoms with Crippen molar-refractivity contribution in [2.75, 3.05) is 0 Å². The largest absolute Gasteiger partial charge is 0.480 e. The van der Waals surface area contributed by atoms with Gasteiger partial charge in [0, 0.05) is 23.5 Å². The smallest absolute Gasteiger partial charge is 0.326 e. The minimum Gasteiger partial charge on any atom is -0.480 e. The fraction of sp³-hybridized carbons (Fsp3) is 0.522. The first kappa shape index (κ1) is 24.4. The highest BCUT2D eigenvalue weighted by molar-refractivity contribution is 5.92. The molecule has 8 nitrogen and oxygen atoms in total. The molecule has 0 aliphatic heterocycles. The van der Waals surface area contributed by atoms with Gasteiger partial charge in [-0.3, -0.25) is 9.59 Å². The maximum Gasteiger partial charge on any atom is 0.326 e. The SMILES string of the molecule is CC[C@H](C)[C@H](N)C(=O)N[C@H](C(=O)N[C@@H](Cc1c[nH]c2ccccc12)C(=O)O)[C@@H](C)CC. The molecule has 0 aliphatic rings. The second-order valence-electron chi connectivity index (χ2n) is 8.25. The third kappa shape index (κ3) is 6.07. The molecule has 0 saturated heterocycles. The van der Waals surface area contributed by atoms with Crippen molar-refractivity contribution in [2.45, 2.75) is 65.1 Å². The Bertz CT molecular complexity index is 910. The van der Waals surface area contributed by atoms with Crippen molar-refractivity contribution in [2.24, 2.45) is 17.6 Å². The molecule has 0 radical (unpaired) electrons. The van der Waals surface area contributed by atoms with Crippen LogP contribution in [-0.2, 0) is 20.8 Å². The summed E-state index contributed by atoms with van der Waals surface area (Å²) in [6.07, 6.45) is 3.25. The third-order valence-electron chi connectivity index (χ3n) is 6.07. The number of aromatic nitrogens is 1. The number of carbonyl (C=O) groups excluding carboxylic acids is 2. The summed E-state index contributed by atoms with van der Waals surface area (Å²) < 4.78 is 0. The van der Waals surface area contributed by atoms with Gasteiger partial charge in [-0.05, 0) is 23.5 Å². The normalized spacial score (nSPS) is 16.2. The van der Waals surface area contributed by atoms with Crippen molar-refractivity contribution in [1.82, 2.24) is 15.6 Å². The van der Waals surface area contributed by atoms with Crippen LogP contribution in [0.2, 0.25) is 0 Å². The predicted octanol–water partition coefficient (Wildman–Crippen LogP) is 2.18. The number of hydrogen-bond acceptors (Lipinski definition) is 4. The lowest BCUT2D eigenvalue weighted by Gasteiger charge is -2.27. The Morgan fingerprint density at radius 2 is 1.68 bits per heavy atom. The molecule has 5 atom stereocenters. The lowest BCUT2D eigenvalue weighted by atomic mass is 9.95. The average molecular weight is 431 g/mol. The lowest BCUT2D eigenvalue weighted by molar-refractivity contribution is -0.142. The van der Waals surface area contributed by atoms with Crippen LogP contribution in [0.4, 0.5) is 0 Å². The molecule has 0 bridgehead atoms. The highest BCUT2D eigenvalue weighted by atomic mass is 16.4. The minimum absolute atomic E-state index is 0.0331. The standard InChI is InChI=1S/C23H34N4O4/c1-5-13(3)19(24)21(28)27-20(14(4)6-2)22(29)26-18(23(30)31)11-15-12-25-17-10-8-7-9-16(15)17/h7-10,12-14,18-20,25H,5-6,11,24H2,1-4H3,(H,26,29)(H,27,28)(H,30,31)/t13-,14-,18-,19-,20-/m0/s1. The minimum atomic E-state index is -1.14. The molecule has 170 valence electrons. The molecule has 0 unspecified atom stereocenters. The monoisotopic (exact) mass is 430 g/mol. The van der Waals surface area contributed by atoms with Gasteiger partial charge in [-0.15, -0.1) is 0 Å². The van der Waals surface area contributed by atoms with Crippen LogP contribution in [0.25, 0.3) is 10.9 Å². The number of fused-ring (bicyclic) bond motifs is 1. The van der Waals surface area contributed by atoms with E-state index in [2.05, 4.69) is 15.6 Å². The number of aromatic amines is 1. The number of hydrogen-bond donors (Lipinski definition) is 5. The Morgan fingerprint density at radius 3 is 2.29 bits per heavy atom. The van der Waals surface area contributed by atoms with Crippen molar-refractivity contribution < 1.29 is 19.5 Å². The topological polar surface area (TPSA) is 137 Å². The molecule has 1 heterocycles. The molecule has 0 fully saturated rings. The Morgan fingerprint density at radius 1 is 1.03 bits per heavy atom. The first-order valence-corrected chi connectivity index (χ1v) is 10.8. The molecule has 1 aromatic carbocycles. The molecule has 0 saturated carbocycles. The number of carboxylic acid groups (broad SMARTS) is 1. The number of amides is 2. The number of carboxylic acids is 1. The molecule has 2 amide bonds. The van der Waals surface area contributed by atoms with Crippen molar-refractivity contribution in [3.05, 3.63) is 36.0 Å². The summed E-state index contributed by atoms with van der Waals surface area (Å²) >= 11 is 0. The molecule has 8 heteroatoms. The summed E-state index contributed by atoms with van der Waals surface area (Å²) in [5.74, 6) is -2.28. The average Bonchev–Trinajstić information content (AvgIpc) is 3.17. The summed E-state index contributed by atoms with van der Waals surface area (Å²) in [5, 5.41) is 16.0. The highest BCUT2D eigenvalue weighted by Crippen LogP contribution is 2.19. The summed E-state index contributed by atoms with van der Waals surface area (Å²) in [7, 11) is 0. The number of H-pyrrole nitrogens is 1. The molecular formula is C23H34N4O4. The van der Waals surface area contributed by atoms with E-state index in [1.807, 2.05) is 52.0 Å². The summed E-state index contributed by atoms with van der Waals surface area (Å²) in [6.45, 7) is 7.57. The number of rotatable bonds is 11. The van der Waals surface area contributed by atoms with Crippen molar-refractivity contribution in [3.8, 4) is 0 Å². The molecule has 2 aromatic rings. The number of nitrogens with two attached hydrogens (primary N) is 1. The van der Waals surface area contributed by atoms with Crippen LogP contribution in [0.3, 0.4) is 0 Å². The number of benzene rings is 1. The van der Waals surface area contributed by atoms with Gasteiger partial charge >= 0.3 is 5.97 Å². The fourth-order valence-corrected chi connectivity index (χ4v) is 3.45. The van der Waals surface area contributed by atoms with Gasteiger partial charge in [-0.2, -0.15) is 0 Å². The van der Waals surface area contributed by atoms with Crippen LogP contribution >= 0.6 is 0 Å². The van der Waals surface area contributed by atoms with Gasteiger partial charge in [0.1, 0.15) is 12.1 Å². The first-order chi connectivity index (χ1) is 14.7. The zero-order chi connectivity index (χ0) is 23.1. The van der Waals surface area contributed by atoms with E-state index in [9.17, 15) is 19.5 Å². The van der Waals surface area contributed by atoms with Gasteiger partial charge in [0.05, 0.1) is 6.04 Å². The van der Waals surface area contributed by atoms with E-state index in [0.717, 1.165) is 22.9 Å². The van der Waals surface area contributed by atoms with E-state index in [1.165, 1.54) is 0 Å². The van der Waals surface area contributed by atoms with E-state index < -0.39 is 35.9 Å². The zero-order valence-corrected chi connectivity index (χ0v) is 18.6. The number of para-hydroxylation sites is 1. The van der Waals surface area contributed by atoms with Crippen LogP contribution in [0, 0.1) is 11.8 Å². The summed E-state index contributed by atoms with van der Waals surface area (Å²) in [5.41, 5.74) is 7.71. The van der Waals surface area contributed by atoms with Crippen LogP contribution in [0.15, 0.2) is 30.5 Å². The van der Waals surface area contributed by atoms with Gasteiger partial charge in [0.2, 0.25) is 11.8 Å². The second kappa shape index (κ2) is 10.9. The highest BCUT2D eigenvalue weighted by Gasteiger charge is 2.32. The molecule has 0 aliphatic carbocycles. The maximum atomic E-state index is 13.0. The molecule has 31 heavy (non-hydrogen) atoms. The maximum absolute atomic E-state index is 13.0. The van der Waals surface area contributed by atoms with Crippen LogP contribution < -0.4 is 16.4 Å². The van der Waals surface area contributed by atoms with E-state index >= 15 is 0 Å². The van der Waals surface area contributed by atoms with E-state index in [1.54, 1.807) is 6.20 Å². The van der Waals surface area contributed by atoms with Gasteiger partial charge in [0.25, 0.3) is 0 Å². The Balaban J connectivity index is 2.16. The lowest BCUT2D eigenvalue weighted by Crippen LogP contribution is -2.57. The zero-order valence-electron chi connectivity index (χ0n) is 18.6. The third-order valence-corrected chi connectivity index (χ3v) is 6.07. The number of carbonyl (C=O) groups is 3. The van der Waals surface area contributed by atoms with Crippen LogP contribution in [0.5, 0.6) is 0 Å². The predicted molar refractivity (Wildman–Crippen MR) is 120 cm³/mol. The van der Waals surface area contributed by atoms with Gasteiger partial charge in [-0.1, -0.05) is 58.7 Å². The summed E-state index contributed by atoms with van der Waals surface area (Å²) in [4.78, 5) is 40.6. The Kier molecular flexibility index (Phi) is 8.62. The van der Waals surface area contributed by atoms with Gasteiger partial charge in [-0.25, -0.2) is 4.79 Å². The van der Waals surface area contributed by atoms with E-state index in [4.69, 9.17) is 5.73 Å². The quantitative estimate of drug-likeness (QED) is 0.372. The van der Waals surface area contributed by atoms with Gasteiger partial charge in [0.15, 0.2) is 0 Å². The fourth-order valence-electron chi connectivity index (χ4n) is 3.45. The van der Waals surface area contributed by atoms with Gasteiger partial charge < -0.3 is 26.5 Å². The molecule has 0 spiro atoms. The molecule has 6 N–H and O–H groups in total. The number of aliphatic carboxylic acids is 1.